The molecule has 1 unspecified atom stereocenters. The molecule has 0 amide bonds. The minimum absolute atomic E-state index is 0.0645. The Kier molecular flexibility index (Phi) is 3.97. The van der Waals surface area contributed by atoms with Crippen molar-refractivity contribution < 1.29 is 8.42 Å². The van der Waals surface area contributed by atoms with Crippen LogP contribution in [-0.4, -0.2) is 25.3 Å². The molecule has 6 nitrogen and oxygen atoms in total. The van der Waals surface area contributed by atoms with E-state index in [1.54, 1.807) is 6.92 Å². The van der Waals surface area contributed by atoms with Gasteiger partial charge < -0.3 is 5.73 Å². The number of nitrogens with zero attached hydrogens (tertiary/aromatic N) is 1. The normalized spacial score (nSPS) is 13.3. The smallest absolute Gasteiger partial charge is 0.242 e. The quantitative estimate of drug-likeness (QED) is 0.501. The largest absolute Gasteiger partial charge is 0.386 e. The van der Waals surface area contributed by atoms with Crippen LogP contribution in [0.5, 0.6) is 0 Å². The number of pyridine rings is 1. The van der Waals surface area contributed by atoms with Gasteiger partial charge in [-0.25, -0.2) is 13.1 Å². The third-order valence-electron chi connectivity index (χ3n) is 2.03. The van der Waals surface area contributed by atoms with E-state index in [-0.39, 0.29) is 10.7 Å². The topological polar surface area (TPSA) is 109 Å². The molecule has 16 heavy (non-hydrogen) atoms. The van der Waals surface area contributed by atoms with Crippen molar-refractivity contribution in [2.75, 3.05) is 0 Å². The van der Waals surface area contributed by atoms with Gasteiger partial charge in [-0.05, 0) is 18.6 Å². The van der Waals surface area contributed by atoms with Crippen molar-refractivity contribution in [3.8, 4) is 0 Å². The number of amidine groups is 1. The third-order valence-corrected chi connectivity index (χ3v) is 3.48. The summed E-state index contributed by atoms with van der Waals surface area (Å²) in [6.07, 6.45) is 3.16. The molecule has 7 heteroatoms. The van der Waals surface area contributed by atoms with Gasteiger partial charge in [0.1, 0.15) is 10.7 Å². The molecule has 1 heterocycles. The lowest BCUT2D eigenvalue weighted by atomic mass is 10.2. The number of hydrogen-bond donors (Lipinski definition) is 3. The molecule has 0 saturated carbocycles. The highest BCUT2D eigenvalue weighted by Crippen LogP contribution is 2.07. The molecular weight excluding hydrogens is 228 g/mol. The summed E-state index contributed by atoms with van der Waals surface area (Å²) < 4.78 is 25.9. The Hall–Kier alpha value is -1.47. The lowest BCUT2D eigenvalue weighted by Gasteiger charge is -2.15. The van der Waals surface area contributed by atoms with Gasteiger partial charge in [0.25, 0.3) is 0 Å². The number of hydrogen-bond acceptors (Lipinski definition) is 4. The van der Waals surface area contributed by atoms with Crippen LogP contribution in [0.15, 0.2) is 29.4 Å². The van der Waals surface area contributed by atoms with Crippen LogP contribution >= 0.6 is 0 Å². The number of sulfonamides is 1. The molecule has 0 aliphatic carbocycles. The predicted octanol–water partition coefficient (Wildman–Crippen LogP) is 0.0745. The van der Waals surface area contributed by atoms with Gasteiger partial charge >= 0.3 is 0 Å². The van der Waals surface area contributed by atoms with Crippen molar-refractivity contribution in [3.05, 3.63) is 24.5 Å². The zero-order chi connectivity index (χ0) is 12.2. The molecule has 0 radical (unpaired) electrons. The first-order valence-electron chi connectivity index (χ1n) is 4.73. The maximum absolute atomic E-state index is 11.8. The van der Waals surface area contributed by atoms with E-state index in [4.69, 9.17) is 11.1 Å². The maximum atomic E-state index is 11.8. The maximum Gasteiger partial charge on any atom is 0.242 e. The SMILES string of the molecule is CCC(NS(=O)(=O)c1cccnc1)C(=N)N. The molecule has 1 aromatic rings. The molecule has 0 spiro atoms. The molecule has 0 aliphatic rings. The van der Waals surface area contributed by atoms with E-state index >= 15 is 0 Å². The lowest BCUT2D eigenvalue weighted by Crippen LogP contribution is -2.43. The first-order valence-corrected chi connectivity index (χ1v) is 6.22. The Morgan fingerprint density at radius 1 is 1.69 bits per heavy atom. The van der Waals surface area contributed by atoms with Crippen LogP contribution in [-0.2, 0) is 10.0 Å². The van der Waals surface area contributed by atoms with Crippen LogP contribution in [0.4, 0.5) is 0 Å². The summed E-state index contributed by atoms with van der Waals surface area (Å²) in [4.78, 5) is 3.79. The van der Waals surface area contributed by atoms with Gasteiger partial charge in [0.2, 0.25) is 10.0 Å². The Labute approximate surface area is 94.4 Å². The summed E-state index contributed by atoms with van der Waals surface area (Å²) in [5.74, 6) is -0.199. The highest BCUT2D eigenvalue weighted by atomic mass is 32.2. The van der Waals surface area contributed by atoms with Crippen LogP contribution in [0.1, 0.15) is 13.3 Å². The molecule has 0 aliphatic heterocycles. The van der Waals surface area contributed by atoms with Gasteiger partial charge in [0.15, 0.2) is 0 Å². The van der Waals surface area contributed by atoms with E-state index in [1.165, 1.54) is 24.5 Å². The third kappa shape index (κ3) is 3.01. The Balaban J connectivity index is 2.92. The summed E-state index contributed by atoms with van der Waals surface area (Å²) in [7, 11) is -3.65. The minimum atomic E-state index is -3.65. The fraction of sp³-hybridized carbons (Fsp3) is 0.333. The van der Waals surface area contributed by atoms with Crippen LogP contribution in [0.25, 0.3) is 0 Å². The van der Waals surface area contributed by atoms with Crippen molar-refractivity contribution in [2.45, 2.75) is 24.3 Å². The molecule has 1 atom stereocenters. The number of nitrogens with one attached hydrogen (secondary N) is 2. The minimum Gasteiger partial charge on any atom is -0.386 e. The van der Waals surface area contributed by atoms with Gasteiger partial charge in [-0.15, -0.1) is 0 Å². The molecule has 0 bridgehead atoms. The zero-order valence-electron chi connectivity index (χ0n) is 8.84. The van der Waals surface area contributed by atoms with Gasteiger partial charge in [0, 0.05) is 12.4 Å². The van der Waals surface area contributed by atoms with Crippen LogP contribution < -0.4 is 10.5 Å². The van der Waals surface area contributed by atoms with Crippen molar-refractivity contribution in [2.24, 2.45) is 5.73 Å². The highest BCUT2D eigenvalue weighted by Gasteiger charge is 2.20. The lowest BCUT2D eigenvalue weighted by molar-refractivity contribution is 0.571. The summed E-state index contributed by atoms with van der Waals surface area (Å²) in [5.41, 5.74) is 5.27. The standard InChI is InChI=1S/C9H14N4O2S/c1-2-8(9(10)11)13-16(14,15)7-4-3-5-12-6-7/h3-6,8,13H,2H2,1H3,(H3,10,11). The van der Waals surface area contributed by atoms with Crippen LogP contribution in [0, 0.1) is 5.41 Å². The Morgan fingerprint density at radius 3 is 2.81 bits per heavy atom. The van der Waals surface area contributed by atoms with Gasteiger partial charge in [-0.2, -0.15) is 0 Å². The van der Waals surface area contributed by atoms with Crippen molar-refractivity contribution in [1.29, 1.82) is 5.41 Å². The first kappa shape index (κ1) is 12.6. The molecule has 88 valence electrons. The van der Waals surface area contributed by atoms with E-state index in [9.17, 15) is 8.42 Å². The molecule has 4 N–H and O–H groups in total. The monoisotopic (exact) mass is 242 g/mol. The average molecular weight is 242 g/mol. The predicted molar refractivity (Wildman–Crippen MR) is 60.6 cm³/mol. The summed E-state index contributed by atoms with van der Waals surface area (Å²) in [6, 6.07) is 2.29. The van der Waals surface area contributed by atoms with Crippen LogP contribution in [0.2, 0.25) is 0 Å². The van der Waals surface area contributed by atoms with Crippen molar-refractivity contribution in [3.63, 3.8) is 0 Å². The fourth-order valence-corrected chi connectivity index (χ4v) is 2.39. The van der Waals surface area contributed by atoms with E-state index in [0.717, 1.165) is 0 Å². The Bertz CT molecular complexity index is 458. The molecule has 1 aromatic heterocycles. The molecule has 1 rings (SSSR count). The second kappa shape index (κ2) is 5.04. The number of aromatic nitrogens is 1. The van der Waals surface area contributed by atoms with E-state index in [2.05, 4.69) is 9.71 Å². The summed E-state index contributed by atoms with van der Waals surface area (Å²) in [5, 5.41) is 7.23. The summed E-state index contributed by atoms with van der Waals surface area (Å²) >= 11 is 0. The van der Waals surface area contributed by atoms with Crippen molar-refractivity contribution in [1.82, 2.24) is 9.71 Å². The second-order valence-electron chi connectivity index (χ2n) is 3.23. The highest BCUT2D eigenvalue weighted by molar-refractivity contribution is 7.89. The zero-order valence-corrected chi connectivity index (χ0v) is 9.66. The summed E-state index contributed by atoms with van der Waals surface area (Å²) in [6.45, 7) is 1.75. The van der Waals surface area contributed by atoms with Gasteiger partial charge in [-0.3, -0.25) is 10.4 Å². The van der Waals surface area contributed by atoms with E-state index in [0.29, 0.717) is 6.42 Å². The van der Waals surface area contributed by atoms with Gasteiger partial charge in [-0.1, -0.05) is 6.92 Å². The van der Waals surface area contributed by atoms with Crippen LogP contribution in [0.3, 0.4) is 0 Å². The Morgan fingerprint density at radius 2 is 2.38 bits per heavy atom. The van der Waals surface area contributed by atoms with Crippen molar-refractivity contribution >= 4 is 15.9 Å². The molecule has 0 fully saturated rings. The number of nitrogens with two attached hydrogens (primary N) is 1. The first-order chi connectivity index (χ1) is 7.47. The average Bonchev–Trinajstić information content (AvgIpc) is 2.27. The fourth-order valence-electron chi connectivity index (χ4n) is 1.13. The second-order valence-corrected chi connectivity index (χ2v) is 4.94. The number of rotatable bonds is 5. The molecular formula is C9H14N4O2S. The molecule has 0 aromatic carbocycles. The van der Waals surface area contributed by atoms with E-state index < -0.39 is 16.1 Å². The van der Waals surface area contributed by atoms with Gasteiger partial charge in [0.05, 0.1) is 6.04 Å². The molecule has 0 saturated heterocycles. The van der Waals surface area contributed by atoms with E-state index in [1.807, 2.05) is 0 Å².